The lowest BCUT2D eigenvalue weighted by molar-refractivity contribution is -0.139. The first-order chi connectivity index (χ1) is 15.6. The second-order valence-electron chi connectivity index (χ2n) is 8.48. The summed E-state index contributed by atoms with van der Waals surface area (Å²) in [4.78, 5) is 33.3. The molecule has 0 fully saturated rings. The molecule has 1 aliphatic rings. The predicted molar refractivity (Wildman–Crippen MR) is 125 cm³/mol. The number of carbonyl (C=O) groups excluding carboxylic acids is 1. The largest absolute Gasteiger partial charge is 0.481 e. The van der Waals surface area contributed by atoms with Crippen LogP contribution >= 0.6 is 0 Å². The minimum atomic E-state index is -0.915. The van der Waals surface area contributed by atoms with Crippen molar-refractivity contribution in [1.82, 2.24) is 9.97 Å². The van der Waals surface area contributed by atoms with Gasteiger partial charge in [0.1, 0.15) is 11.6 Å². The van der Waals surface area contributed by atoms with Crippen LogP contribution in [-0.4, -0.2) is 33.4 Å². The average Bonchev–Trinajstić information content (AvgIpc) is 2.81. The molecule has 6 nitrogen and oxygen atoms in total. The van der Waals surface area contributed by atoms with Crippen molar-refractivity contribution in [3.8, 4) is 0 Å². The highest BCUT2D eigenvalue weighted by Crippen LogP contribution is 2.25. The van der Waals surface area contributed by atoms with Gasteiger partial charge in [0.2, 0.25) is 0 Å². The molecule has 3 aromatic rings. The number of carboxylic acids is 1. The van der Waals surface area contributed by atoms with E-state index < -0.39 is 11.9 Å². The van der Waals surface area contributed by atoms with E-state index in [1.165, 1.54) is 5.56 Å². The molecule has 3 heterocycles. The van der Waals surface area contributed by atoms with Crippen LogP contribution in [-0.2, 0) is 22.4 Å². The Labute approximate surface area is 188 Å². The van der Waals surface area contributed by atoms with Crippen LogP contribution in [0.15, 0.2) is 48.7 Å². The summed E-state index contributed by atoms with van der Waals surface area (Å²) in [6.07, 6.45) is 7.43. The minimum absolute atomic E-state index is 0.116. The number of nitrogens with one attached hydrogen (secondary N) is 1. The Balaban J connectivity index is 1.24. The SMILES string of the molecule is O=C(CCCCc1ccc2c(n1)NCCC2)CC[C@@H](C(=O)O)c1cnc2ccccc2c1. The fourth-order valence-corrected chi connectivity index (χ4v) is 4.28. The third-order valence-electron chi connectivity index (χ3n) is 6.11. The number of aliphatic carboxylic acids is 1. The monoisotopic (exact) mass is 431 g/mol. The number of carbonyl (C=O) groups is 2. The zero-order valence-corrected chi connectivity index (χ0v) is 18.2. The van der Waals surface area contributed by atoms with Gasteiger partial charge in [-0.05, 0) is 67.9 Å². The van der Waals surface area contributed by atoms with Gasteiger partial charge < -0.3 is 10.4 Å². The summed E-state index contributed by atoms with van der Waals surface area (Å²) in [7, 11) is 0. The molecule has 32 heavy (non-hydrogen) atoms. The van der Waals surface area contributed by atoms with E-state index in [-0.39, 0.29) is 12.2 Å². The maximum Gasteiger partial charge on any atom is 0.311 e. The van der Waals surface area contributed by atoms with Gasteiger partial charge in [0, 0.05) is 36.7 Å². The summed E-state index contributed by atoms with van der Waals surface area (Å²) in [6, 6.07) is 13.7. The molecule has 0 bridgehead atoms. The van der Waals surface area contributed by atoms with Crippen molar-refractivity contribution in [3.05, 3.63) is 65.5 Å². The molecule has 0 saturated heterocycles. The number of unbranched alkanes of at least 4 members (excludes halogenated alkanes) is 1. The quantitative estimate of drug-likeness (QED) is 0.443. The summed E-state index contributed by atoms with van der Waals surface area (Å²) < 4.78 is 0. The minimum Gasteiger partial charge on any atom is -0.481 e. The summed E-state index contributed by atoms with van der Waals surface area (Å²) in [5.41, 5.74) is 3.82. The van der Waals surface area contributed by atoms with Crippen LogP contribution in [0.5, 0.6) is 0 Å². The highest BCUT2D eigenvalue weighted by Gasteiger charge is 2.21. The van der Waals surface area contributed by atoms with Crippen LogP contribution in [0.4, 0.5) is 5.82 Å². The molecule has 0 amide bonds. The van der Waals surface area contributed by atoms with E-state index in [9.17, 15) is 14.7 Å². The summed E-state index contributed by atoms with van der Waals surface area (Å²) in [5, 5.41) is 13.9. The van der Waals surface area contributed by atoms with Crippen molar-refractivity contribution in [3.63, 3.8) is 0 Å². The van der Waals surface area contributed by atoms with E-state index in [1.807, 2.05) is 30.3 Å². The van der Waals surface area contributed by atoms with Gasteiger partial charge in [-0.2, -0.15) is 0 Å². The van der Waals surface area contributed by atoms with Gasteiger partial charge in [0.15, 0.2) is 0 Å². The Hall–Kier alpha value is -3.28. The molecule has 0 spiro atoms. The molecule has 2 N–H and O–H groups in total. The Bertz CT molecular complexity index is 1110. The molecule has 6 heteroatoms. The molecule has 2 aromatic heterocycles. The molecule has 0 unspecified atom stereocenters. The Morgan fingerprint density at radius 2 is 1.97 bits per heavy atom. The number of hydrogen-bond acceptors (Lipinski definition) is 5. The number of rotatable bonds is 10. The number of pyridine rings is 2. The van der Waals surface area contributed by atoms with Crippen molar-refractivity contribution in [2.45, 2.75) is 57.3 Å². The van der Waals surface area contributed by atoms with Gasteiger partial charge >= 0.3 is 5.97 Å². The molecule has 4 rings (SSSR count). The second kappa shape index (κ2) is 10.4. The van der Waals surface area contributed by atoms with Crippen LogP contribution in [0.1, 0.15) is 61.3 Å². The van der Waals surface area contributed by atoms with E-state index in [0.717, 1.165) is 61.1 Å². The van der Waals surface area contributed by atoms with Crippen molar-refractivity contribution < 1.29 is 14.7 Å². The first-order valence-electron chi connectivity index (χ1n) is 11.4. The molecule has 0 saturated carbocycles. The summed E-state index contributed by atoms with van der Waals surface area (Å²) in [6.45, 7) is 0.977. The van der Waals surface area contributed by atoms with Crippen molar-refractivity contribution in [2.24, 2.45) is 0 Å². The number of carboxylic acid groups (broad SMARTS) is 1. The molecular formula is C26H29N3O3. The first kappa shape index (κ1) is 21.9. The topological polar surface area (TPSA) is 92.2 Å². The van der Waals surface area contributed by atoms with E-state index in [4.69, 9.17) is 4.98 Å². The summed E-state index contributed by atoms with van der Waals surface area (Å²) in [5.74, 6) is -0.511. The third kappa shape index (κ3) is 5.49. The van der Waals surface area contributed by atoms with E-state index in [2.05, 4.69) is 22.4 Å². The number of anilines is 1. The zero-order valence-electron chi connectivity index (χ0n) is 18.2. The second-order valence-corrected chi connectivity index (χ2v) is 8.48. The van der Waals surface area contributed by atoms with Crippen molar-refractivity contribution in [1.29, 1.82) is 0 Å². The highest BCUT2D eigenvalue weighted by molar-refractivity contribution is 5.83. The predicted octanol–water partition coefficient (Wildman–Crippen LogP) is 4.92. The number of benzene rings is 1. The van der Waals surface area contributed by atoms with E-state index in [1.54, 1.807) is 6.20 Å². The van der Waals surface area contributed by atoms with Crippen molar-refractivity contribution in [2.75, 3.05) is 11.9 Å². The van der Waals surface area contributed by atoms with Crippen LogP contribution in [0.25, 0.3) is 10.9 Å². The average molecular weight is 432 g/mol. The lowest BCUT2D eigenvalue weighted by Crippen LogP contribution is -2.14. The maximum atomic E-state index is 12.4. The van der Waals surface area contributed by atoms with Crippen LogP contribution in [0.2, 0.25) is 0 Å². The third-order valence-corrected chi connectivity index (χ3v) is 6.11. The standard InChI is InChI=1S/C26H29N3O3/c30-22(9-3-2-8-21-12-11-18-7-5-15-27-25(18)29-21)13-14-23(26(31)32)20-16-19-6-1-4-10-24(19)28-17-20/h1,4,6,10-12,16-17,23H,2-3,5,7-9,13-15H2,(H,27,29)(H,31,32)/t23-/m1/s1. The summed E-state index contributed by atoms with van der Waals surface area (Å²) >= 11 is 0. The number of ketones is 1. The smallest absolute Gasteiger partial charge is 0.311 e. The first-order valence-corrected chi connectivity index (χ1v) is 11.4. The van der Waals surface area contributed by atoms with Crippen LogP contribution in [0, 0.1) is 0 Å². The Kier molecular flexibility index (Phi) is 7.10. The van der Waals surface area contributed by atoms with E-state index in [0.29, 0.717) is 18.4 Å². The Morgan fingerprint density at radius 1 is 1.09 bits per heavy atom. The molecule has 1 aromatic carbocycles. The molecule has 0 radical (unpaired) electrons. The normalized spacial score (nSPS) is 13.9. The van der Waals surface area contributed by atoms with Crippen LogP contribution in [0.3, 0.4) is 0 Å². The molecule has 1 atom stereocenters. The van der Waals surface area contributed by atoms with Gasteiger partial charge in [0.05, 0.1) is 11.4 Å². The van der Waals surface area contributed by atoms with Gasteiger partial charge in [-0.25, -0.2) is 4.98 Å². The lowest BCUT2D eigenvalue weighted by atomic mass is 9.92. The van der Waals surface area contributed by atoms with Gasteiger partial charge in [0.25, 0.3) is 0 Å². The van der Waals surface area contributed by atoms with E-state index >= 15 is 0 Å². The van der Waals surface area contributed by atoms with Gasteiger partial charge in [-0.1, -0.05) is 24.3 Å². The Morgan fingerprint density at radius 3 is 2.84 bits per heavy atom. The number of hydrogen-bond donors (Lipinski definition) is 2. The number of aromatic nitrogens is 2. The molecule has 1 aliphatic heterocycles. The number of nitrogens with zero attached hydrogens (tertiary/aromatic N) is 2. The highest BCUT2D eigenvalue weighted by atomic mass is 16.4. The number of para-hydroxylation sites is 1. The lowest BCUT2D eigenvalue weighted by Gasteiger charge is -2.17. The number of Topliss-reactive ketones (excluding diaryl/α,β-unsaturated/α-hetero) is 1. The van der Waals surface area contributed by atoms with Crippen molar-refractivity contribution >= 4 is 28.5 Å². The van der Waals surface area contributed by atoms with Gasteiger partial charge in [-0.3, -0.25) is 14.6 Å². The van der Waals surface area contributed by atoms with Crippen LogP contribution < -0.4 is 5.32 Å². The molecule has 0 aliphatic carbocycles. The zero-order chi connectivity index (χ0) is 22.3. The fraction of sp³-hybridized carbons (Fsp3) is 0.385. The molecule has 166 valence electrons. The number of fused-ring (bicyclic) bond motifs is 2. The van der Waals surface area contributed by atoms with Gasteiger partial charge in [-0.15, -0.1) is 0 Å². The fourth-order valence-electron chi connectivity index (χ4n) is 4.28. The maximum absolute atomic E-state index is 12.4. The molecular weight excluding hydrogens is 402 g/mol. The number of aryl methyl sites for hydroxylation is 2.